The molecule has 0 radical (unpaired) electrons. The van der Waals surface area contributed by atoms with Crippen LogP contribution in [0.25, 0.3) is 0 Å². The predicted octanol–water partition coefficient (Wildman–Crippen LogP) is 17.2. The number of carbonyl (C=O) groups is 3. The van der Waals surface area contributed by atoms with Crippen molar-refractivity contribution in [1.82, 2.24) is 0 Å². The van der Waals surface area contributed by atoms with E-state index < -0.39 is 0 Å². The van der Waals surface area contributed by atoms with Gasteiger partial charge in [0.25, 0.3) is 0 Å². The summed E-state index contributed by atoms with van der Waals surface area (Å²) in [7, 11) is 9.31. The van der Waals surface area contributed by atoms with Gasteiger partial charge in [-0.1, -0.05) is 187 Å². The van der Waals surface area contributed by atoms with Crippen LogP contribution in [0.3, 0.4) is 0 Å². The van der Waals surface area contributed by atoms with Gasteiger partial charge in [0.15, 0.2) is 0 Å². The fraction of sp³-hybridized carbons (Fsp3) is 0.494. The van der Waals surface area contributed by atoms with E-state index in [0.717, 1.165) is 66.0 Å². The average molecular weight is 1370 g/mol. The number of ether oxygens (including phenoxy) is 10. The van der Waals surface area contributed by atoms with E-state index in [0.29, 0.717) is 43.7 Å². The predicted molar refractivity (Wildman–Crippen MR) is 399 cm³/mol. The number of rotatable bonds is 20. The summed E-state index contributed by atoms with van der Waals surface area (Å²) in [5.74, 6) is 4.76. The van der Waals surface area contributed by atoms with E-state index in [1.165, 1.54) is 37.5 Å². The monoisotopic (exact) mass is 1370 g/mol. The van der Waals surface area contributed by atoms with Crippen molar-refractivity contribution < 1.29 is 97.8 Å². The third kappa shape index (κ3) is 46.6. The summed E-state index contributed by atoms with van der Waals surface area (Å²) >= 11 is 10.00. The largest absolute Gasteiger partial charge is 1.00 e. The van der Waals surface area contributed by atoms with Gasteiger partial charge in [0.2, 0.25) is 0 Å². The first-order chi connectivity index (χ1) is 41.4. The molecule has 0 bridgehead atoms. The second-order valence-corrected chi connectivity index (χ2v) is 20.4. The number of hydrogen-bond donors (Lipinski definition) is 1. The Morgan fingerprint density at radius 2 is 0.500 bits per heavy atom. The van der Waals surface area contributed by atoms with Crippen LogP contribution in [0, 0.1) is 0 Å². The molecule has 94 heavy (non-hydrogen) atoms. The summed E-state index contributed by atoms with van der Waals surface area (Å²) in [5, 5.41) is 7.00. The van der Waals surface area contributed by atoms with Gasteiger partial charge in [-0.2, -0.15) is 0 Å². The van der Waals surface area contributed by atoms with Crippen molar-refractivity contribution in [3.05, 3.63) is 179 Å². The zero-order valence-corrected chi connectivity index (χ0v) is 60.5. The van der Waals surface area contributed by atoms with E-state index >= 15 is 0 Å². The van der Waals surface area contributed by atoms with Crippen LogP contribution in [0.15, 0.2) is 146 Å². The topological polar surface area (TPSA) is 164 Å². The minimum absolute atomic E-state index is 0. The molecular formula is C77H129Cl2NaO14. The van der Waals surface area contributed by atoms with E-state index in [2.05, 4.69) is 77.9 Å². The van der Waals surface area contributed by atoms with Crippen molar-refractivity contribution in [2.45, 2.75) is 165 Å². The number of halogens is 2. The number of carbonyl (C=O) groups excluding carboxylic acids is 3. The molecule has 536 valence electrons. The van der Waals surface area contributed by atoms with Gasteiger partial charge in [-0.15, -0.1) is 23.2 Å². The molecule has 0 spiro atoms. The summed E-state index contributed by atoms with van der Waals surface area (Å²) in [6.45, 7) is 33.3. The number of esters is 3. The molecule has 1 N–H and O–H groups in total. The molecule has 0 saturated carbocycles. The van der Waals surface area contributed by atoms with Gasteiger partial charge in [-0.05, 0) is 120 Å². The van der Waals surface area contributed by atoms with Crippen molar-refractivity contribution in [1.29, 1.82) is 0 Å². The second-order valence-electron chi connectivity index (χ2n) is 19.3. The average Bonchev–Trinajstić information content (AvgIpc) is 0.836. The van der Waals surface area contributed by atoms with Crippen LogP contribution < -0.4 is 58.0 Å². The molecule has 0 amide bonds. The molecule has 0 aliphatic carbocycles. The minimum atomic E-state index is -0.308. The van der Waals surface area contributed by atoms with Gasteiger partial charge < -0.3 is 53.9 Å². The van der Waals surface area contributed by atoms with E-state index in [-0.39, 0.29) is 110 Å². The molecular weight excluding hydrogens is 1240 g/mol. The normalized spacial score (nSPS) is 9.32. The van der Waals surface area contributed by atoms with E-state index in [1.807, 2.05) is 151 Å². The molecule has 0 aliphatic heterocycles. The smallest absolute Gasteiger partial charge is 1.00 e. The first kappa shape index (κ1) is 110. The van der Waals surface area contributed by atoms with Crippen molar-refractivity contribution in [2.75, 3.05) is 94.1 Å². The van der Waals surface area contributed by atoms with E-state index in [4.69, 9.17) is 75.7 Å². The Morgan fingerprint density at radius 1 is 0.351 bits per heavy atom. The number of aliphatic hydroxyl groups excluding tert-OH is 1. The number of methoxy groups -OCH3 is 5. The maximum atomic E-state index is 10.9. The Balaban J connectivity index is -0.000000102. The second kappa shape index (κ2) is 66.1. The standard InChI is InChI=1S/3C18H20O3.2C5H12O2.2C2H5Cl.C2H6.CH4O.6CH4.Na.H/c3*1-13(19)21-17-11-7-15(8-12-17)18(2,3)14-5-9-16(20-4)10-6-14;2*1-3-7-5-4-6-2;2*1-2-3;2*1-2;;;;;;;;/h3*5-12H,1-4H3;2*3-5H2,1-2H3;2*2H2,1H3;1-2H3;2H,1H3;6*1H4;;/q;;;;;;;;;;;;;;;+1;-1. The van der Waals surface area contributed by atoms with Crippen LogP contribution in [-0.2, 0) is 49.6 Å². The van der Waals surface area contributed by atoms with Gasteiger partial charge >= 0.3 is 47.5 Å². The molecule has 17 heteroatoms. The summed E-state index contributed by atoms with van der Waals surface area (Å²) in [4.78, 5) is 32.8. The summed E-state index contributed by atoms with van der Waals surface area (Å²) < 4.78 is 50.1. The molecule has 0 fully saturated rings. The maximum Gasteiger partial charge on any atom is 1.00 e. The van der Waals surface area contributed by atoms with Crippen LogP contribution in [0.5, 0.6) is 34.5 Å². The molecule has 0 heterocycles. The molecule has 0 atom stereocenters. The van der Waals surface area contributed by atoms with Gasteiger partial charge in [0.1, 0.15) is 34.5 Å². The Morgan fingerprint density at radius 3 is 0.617 bits per heavy atom. The summed E-state index contributed by atoms with van der Waals surface area (Å²) in [6, 6.07) is 47.0. The van der Waals surface area contributed by atoms with E-state index in [9.17, 15) is 14.4 Å². The fourth-order valence-corrected chi connectivity index (χ4v) is 7.41. The third-order valence-electron chi connectivity index (χ3n) is 12.2. The quantitative estimate of drug-likeness (QED) is 0.0252. The minimum Gasteiger partial charge on any atom is -1.00 e. The van der Waals surface area contributed by atoms with Crippen LogP contribution in [-0.4, -0.2) is 117 Å². The van der Waals surface area contributed by atoms with Crippen molar-refractivity contribution in [2.24, 2.45) is 0 Å². The number of hydrogen-bond acceptors (Lipinski definition) is 14. The third-order valence-corrected chi connectivity index (χ3v) is 12.2. The number of aliphatic hydroxyl groups is 1. The Hall–Kier alpha value is -5.49. The molecule has 14 nitrogen and oxygen atoms in total. The Labute approximate surface area is 607 Å². The molecule has 6 rings (SSSR count). The van der Waals surface area contributed by atoms with Crippen molar-refractivity contribution >= 4 is 41.1 Å². The molecule has 6 aromatic carbocycles. The zero-order valence-electron chi connectivity index (χ0n) is 58.0. The summed E-state index contributed by atoms with van der Waals surface area (Å²) in [5.41, 5.74) is 6.65. The molecule has 0 aromatic heterocycles. The van der Waals surface area contributed by atoms with Crippen LogP contribution >= 0.6 is 23.2 Å². The van der Waals surface area contributed by atoms with Gasteiger partial charge in [-0.25, -0.2) is 0 Å². The zero-order chi connectivity index (χ0) is 66.9. The van der Waals surface area contributed by atoms with Crippen molar-refractivity contribution in [3.8, 4) is 34.5 Å². The molecule has 0 aliphatic rings. The molecule has 0 saturated heterocycles. The van der Waals surface area contributed by atoms with E-state index in [1.54, 1.807) is 35.5 Å². The van der Waals surface area contributed by atoms with Crippen molar-refractivity contribution in [3.63, 3.8) is 0 Å². The van der Waals surface area contributed by atoms with Crippen LogP contribution in [0.2, 0.25) is 0 Å². The Kier molecular flexibility index (Phi) is 77.4. The van der Waals surface area contributed by atoms with Gasteiger partial charge in [-0.3, -0.25) is 14.4 Å². The van der Waals surface area contributed by atoms with Gasteiger partial charge in [0, 0.05) is 83.3 Å². The summed E-state index contributed by atoms with van der Waals surface area (Å²) in [6.07, 6.45) is 0. The molecule has 0 unspecified atom stereocenters. The maximum absolute atomic E-state index is 10.9. The number of alkyl halides is 2. The fourth-order valence-electron chi connectivity index (χ4n) is 7.41. The Bertz CT molecular complexity index is 2350. The SMILES string of the molecule is C.C.C.C.C.C.CC.CCCl.CCCl.CCOCCOC.CCOCCOC.CO.COc1ccc(C(C)(C)c2ccc(OC(C)=O)cc2)cc1.COc1ccc(C(C)(C)c2ccc(OC(C)=O)cc2)cc1.COc1ccc(C(C)(C)c2ccc(OC(C)=O)cc2)cc1.[H-].[Na+]. The van der Waals surface area contributed by atoms with Crippen LogP contribution in [0.1, 0.15) is 183 Å². The first-order valence-corrected chi connectivity index (χ1v) is 30.0. The van der Waals surface area contributed by atoms with Crippen LogP contribution in [0.4, 0.5) is 0 Å². The van der Waals surface area contributed by atoms with Gasteiger partial charge in [0.05, 0.1) is 47.8 Å². The molecule has 6 aromatic rings. The first-order valence-electron chi connectivity index (χ1n) is 29.0. The number of benzene rings is 6.